The Morgan fingerprint density at radius 1 is 1.04 bits per heavy atom. The summed E-state index contributed by atoms with van der Waals surface area (Å²) in [6.07, 6.45) is 3.93. The van der Waals surface area contributed by atoms with E-state index in [1.54, 1.807) is 6.07 Å². The number of allylic oxidation sites excluding steroid dienone is 4. The van der Waals surface area contributed by atoms with Crippen LogP contribution in [0.15, 0.2) is 34.8 Å². The molecule has 0 bridgehead atoms. The second-order valence-corrected chi connectivity index (χ2v) is 7.98. The van der Waals surface area contributed by atoms with Crippen LogP contribution in [-0.2, 0) is 14.3 Å². The molecule has 0 saturated heterocycles. The zero-order valence-corrected chi connectivity index (χ0v) is 16.6. The lowest BCUT2D eigenvalue weighted by Crippen LogP contribution is -2.30. The van der Waals surface area contributed by atoms with Gasteiger partial charge in [-0.05, 0) is 53.1 Å². The number of carbonyl (C=O) groups excluding carboxylic acids is 2. The normalized spacial score (nSPS) is 20.7. The van der Waals surface area contributed by atoms with Gasteiger partial charge in [0.2, 0.25) is 0 Å². The van der Waals surface area contributed by atoms with Crippen LogP contribution < -0.4 is 4.74 Å². The molecule has 1 heterocycles. The number of benzene rings is 1. The highest BCUT2D eigenvalue weighted by Gasteiger charge is 2.42. The van der Waals surface area contributed by atoms with Crippen LogP contribution in [0.3, 0.4) is 0 Å². The second kappa shape index (κ2) is 6.72. The average molecular weight is 466 g/mol. The van der Waals surface area contributed by atoms with E-state index < -0.39 is 5.92 Å². The Bertz CT molecular complexity index is 838. The Kier molecular flexibility index (Phi) is 4.54. The lowest BCUT2D eigenvalue weighted by atomic mass is 9.73. The number of ether oxygens (including phenoxy) is 2. The third-order valence-corrected chi connectivity index (χ3v) is 6.07. The van der Waals surface area contributed by atoms with E-state index in [4.69, 9.17) is 9.47 Å². The van der Waals surface area contributed by atoms with Gasteiger partial charge in [-0.1, -0.05) is 0 Å². The average Bonchev–Trinajstić information content (AvgIpc) is 2.63. The van der Waals surface area contributed by atoms with E-state index in [0.29, 0.717) is 44.8 Å². The van der Waals surface area contributed by atoms with Crippen molar-refractivity contribution < 1.29 is 24.2 Å². The van der Waals surface area contributed by atoms with E-state index in [0.717, 1.165) is 31.2 Å². The summed E-state index contributed by atoms with van der Waals surface area (Å²) in [4.78, 5) is 25.5. The summed E-state index contributed by atoms with van der Waals surface area (Å²) in [5.41, 5.74) is 2.00. The Morgan fingerprint density at radius 2 is 1.62 bits per heavy atom. The molecule has 0 atom stereocenters. The summed E-state index contributed by atoms with van der Waals surface area (Å²) in [6, 6.07) is 3.56. The Labute approximate surface area is 165 Å². The quantitative estimate of drug-likeness (QED) is 0.664. The number of phenols is 1. The number of carbonyl (C=O) groups is 2. The fourth-order valence-electron chi connectivity index (χ4n) is 4.07. The number of halogens is 1. The maximum absolute atomic E-state index is 12.7. The highest BCUT2D eigenvalue weighted by atomic mass is 127. The first kappa shape index (κ1) is 17.6. The fraction of sp³-hybridized carbons (Fsp3) is 0.400. The zero-order chi connectivity index (χ0) is 18.4. The number of hydrogen-bond donors (Lipinski definition) is 1. The molecule has 0 saturated carbocycles. The maximum Gasteiger partial charge on any atom is 0.171 e. The number of rotatable bonds is 2. The zero-order valence-electron chi connectivity index (χ0n) is 14.4. The number of Topliss-reactive ketones (excluding diaryl/α,β-unsaturated/α-hetero) is 2. The lowest BCUT2D eigenvalue weighted by Gasteiger charge is -2.36. The van der Waals surface area contributed by atoms with Crippen LogP contribution in [0.2, 0.25) is 0 Å². The molecular formula is C20H19IO5. The van der Waals surface area contributed by atoms with Crippen molar-refractivity contribution in [3.63, 3.8) is 0 Å². The van der Waals surface area contributed by atoms with Crippen molar-refractivity contribution in [3.8, 4) is 11.5 Å². The van der Waals surface area contributed by atoms with Crippen molar-refractivity contribution in [3.05, 3.63) is 43.9 Å². The molecule has 26 heavy (non-hydrogen) atoms. The SMILES string of the molecule is COc1cc(C2C3=C(CCCC3=O)OC3=C2C(=O)CCC3)cc(I)c1O. The molecule has 6 heteroatoms. The van der Waals surface area contributed by atoms with Crippen molar-refractivity contribution in [2.45, 2.75) is 44.4 Å². The van der Waals surface area contributed by atoms with Gasteiger partial charge >= 0.3 is 0 Å². The van der Waals surface area contributed by atoms with Crippen LogP contribution in [0.1, 0.15) is 50.0 Å². The summed E-state index contributed by atoms with van der Waals surface area (Å²) in [5, 5.41) is 10.2. The molecule has 0 unspecified atom stereocenters. The molecule has 0 amide bonds. The first-order valence-electron chi connectivity index (χ1n) is 8.78. The van der Waals surface area contributed by atoms with Crippen molar-refractivity contribution in [2.75, 3.05) is 7.11 Å². The molecule has 0 radical (unpaired) electrons. The van der Waals surface area contributed by atoms with Gasteiger partial charge in [0.1, 0.15) is 11.5 Å². The number of ketones is 2. The summed E-state index contributed by atoms with van der Waals surface area (Å²) in [6.45, 7) is 0. The van der Waals surface area contributed by atoms with Crippen LogP contribution in [0, 0.1) is 3.57 Å². The van der Waals surface area contributed by atoms with Gasteiger partial charge in [-0.2, -0.15) is 0 Å². The minimum absolute atomic E-state index is 0.0447. The number of methoxy groups -OCH3 is 1. The smallest absolute Gasteiger partial charge is 0.171 e. The monoisotopic (exact) mass is 466 g/mol. The molecule has 2 aliphatic carbocycles. The second-order valence-electron chi connectivity index (χ2n) is 6.82. The molecule has 3 aliphatic rings. The molecule has 136 valence electrons. The molecule has 0 spiro atoms. The number of hydrogen-bond acceptors (Lipinski definition) is 5. The Morgan fingerprint density at radius 3 is 2.15 bits per heavy atom. The van der Waals surface area contributed by atoms with Crippen LogP contribution in [-0.4, -0.2) is 23.8 Å². The van der Waals surface area contributed by atoms with Gasteiger partial charge in [0.05, 0.1) is 10.7 Å². The van der Waals surface area contributed by atoms with Crippen LogP contribution in [0.5, 0.6) is 11.5 Å². The summed E-state index contributed by atoms with van der Waals surface area (Å²) in [7, 11) is 1.49. The fourth-order valence-corrected chi connectivity index (χ4v) is 4.69. The largest absolute Gasteiger partial charge is 0.504 e. The third-order valence-electron chi connectivity index (χ3n) is 5.24. The molecule has 4 rings (SSSR count). The van der Waals surface area contributed by atoms with Crippen LogP contribution in [0.25, 0.3) is 0 Å². The molecule has 1 aromatic carbocycles. The highest BCUT2D eigenvalue weighted by molar-refractivity contribution is 14.1. The predicted octanol–water partition coefficient (Wildman–Crippen LogP) is 4.13. The van der Waals surface area contributed by atoms with Gasteiger partial charge < -0.3 is 14.6 Å². The number of phenolic OH excluding ortho intramolecular Hbond substituents is 1. The standard InChI is InChI=1S/C20H19IO5/c1-25-16-9-10(8-11(21)20(16)24)17-18-12(22)4-2-6-14(18)26-15-7-3-5-13(23)19(15)17/h8-9,17,24H,2-7H2,1H3. The first-order chi connectivity index (χ1) is 12.5. The minimum atomic E-state index is -0.433. The maximum atomic E-state index is 12.7. The van der Waals surface area contributed by atoms with Crippen molar-refractivity contribution in [2.24, 2.45) is 0 Å². The highest BCUT2D eigenvalue weighted by Crippen LogP contribution is 2.49. The lowest BCUT2D eigenvalue weighted by molar-refractivity contribution is -0.117. The van der Waals surface area contributed by atoms with Crippen LogP contribution >= 0.6 is 22.6 Å². The van der Waals surface area contributed by atoms with Gasteiger partial charge in [-0.15, -0.1) is 0 Å². The van der Waals surface area contributed by atoms with E-state index >= 15 is 0 Å². The molecule has 5 nitrogen and oxygen atoms in total. The van der Waals surface area contributed by atoms with Crippen molar-refractivity contribution in [1.29, 1.82) is 0 Å². The van der Waals surface area contributed by atoms with Gasteiger partial charge in [-0.3, -0.25) is 9.59 Å². The molecule has 0 fully saturated rings. The predicted molar refractivity (Wildman–Crippen MR) is 103 cm³/mol. The molecule has 1 aromatic rings. The summed E-state index contributed by atoms with van der Waals surface area (Å²) in [5.74, 6) is 1.48. The molecule has 1 aliphatic heterocycles. The van der Waals surface area contributed by atoms with Gasteiger partial charge in [-0.25, -0.2) is 0 Å². The van der Waals surface area contributed by atoms with E-state index in [1.165, 1.54) is 7.11 Å². The Balaban J connectivity index is 1.94. The third kappa shape index (κ3) is 2.74. The van der Waals surface area contributed by atoms with Gasteiger partial charge in [0.15, 0.2) is 23.1 Å². The molecule has 0 aromatic heterocycles. The van der Waals surface area contributed by atoms with Crippen molar-refractivity contribution >= 4 is 34.2 Å². The first-order valence-corrected chi connectivity index (χ1v) is 9.86. The van der Waals surface area contributed by atoms with E-state index in [-0.39, 0.29) is 17.3 Å². The van der Waals surface area contributed by atoms with E-state index in [2.05, 4.69) is 0 Å². The van der Waals surface area contributed by atoms with E-state index in [1.807, 2.05) is 28.7 Å². The summed E-state index contributed by atoms with van der Waals surface area (Å²) < 4.78 is 12.0. The number of aromatic hydroxyl groups is 1. The molecular weight excluding hydrogens is 447 g/mol. The van der Waals surface area contributed by atoms with Gasteiger partial charge in [0.25, 0.3) is 0 Å². The minimum Gasteiger partial charge on any atom is -0.504 e. The van der Waals surface area contributed by atoms with Gasteiger partial charge in [0, 0.05) is 42.7 Å². The van der Waals surface area contributed by atoms with Crippen molar-refractivity contribution in [1.82, 2.24) is 0 Å². The van der Waals surface area contributed by atoms with E-state index in [9.17, 15) is 14.7 Å². The molecule has 1 N–H and O–H groups in total. The van der Waals surface area contributed by atoms with Crippen LogP contribution in [0.4, 0.5) is 0 Å². The topological polar surface area (TPSA) is 72.8 Å². The summed E-state index contributed by atoms with van der Waals surface area (Å²) >= 11 is 2.04. The Hall–Kier alpha value is -1.83.